The second kappa shape index (κ2) is 5.51. The van der Waals surface area contributed by atoms with E-state index < -0.39 is 5.82 Å². The summed E-state index contributed by atoms with van der Waals surface area (Å²) in [6, 6.07) is 15.0. The lowest BCUT2D eigenvalue weighted by Crippen LogP contribution is -2.02. The van der Waals surface area contributed by atoms with E-state index >= 15 is 0 Å². The lowest BCUT2D eigenvalue weighted by atomic mass is 10.1. The number of anilines is 1. The standard InChI is InChI=1S/C16H10ClFN4/c17-10-4-3-5-11(8-10)22-16(20)13(9-19)15(21-22)12-6-1-2-7-14(12)18/h1-8H,20H2. The Hall–Kier alpha value is -2.84. The van der Waals surface area contributed by atoms with Crippen molar-refractivity contribution in [2.75, 3.05) is 5.73 Å². The second-order valence-corrected chi connectivity index (χ2v) is 5.03. The number of hydrogen-bond donors (Lipinski definition) is 1. The van der Waals surface area contributed by atoms with E-state index in [2.05, 4.69) is 5.10 Å². The minimum absolute atomic E-state index is 0.130. The molecule has 0 aliphatic carbocycles. The zero-order valence-corrected chi connectivity index (χ0v) is 12.0. The summed E-state index contributed by atoms with van der Waals surface area (Å²) in [6.45, 7) is 0. The Bertz CT molecular complexity index is 895. The maximum Gasteiger partial charge on any atom is 0.145 e. The highest BCUT2D eigenvalue weighted by Gasteiger charge is 2.20. The van der Waals surface area contributed by atoms with E-state index in [-0.39, 0.29) is 22.6 Å². The van der Waals surface area contributed by atoms with Crippen LogP contribution in [0.5, 0.6) is 0 Å². The monoisotopic (exact) mass is 312 g/mol. The molecule has 0 fully saturated rings. The van der Waals surface area contributed by atoms with Crippen LogP contribution in [0.25, 0.3) is 16.9 Å². The van der Waals surface area contributed by atoms with Gasteiger partial charge < -0.3 is 5.73 Å². The van der Waals surface area contributed by atoms with Crippen LogP contribution in [0.15, 0.2) is 48.5 Å². The first-order chi connectivity index (χ1) is 10.6. The number of aromatic nitrogens is 2. The van der Waals surface area contributed by atoms with Crippen molar-refractivity contribution in [2.24, 2.45) is 0 Å². The number of benzene rings is 2. The highest BCUT2D eigenvalue weighted by atomic mass is 35.5. The van der Waals surface area contributed by atoms with E-state index in [9.17, 15) is 9.65 Å². The fourth-order valence-corrected chi connectivity index (χ4v) is 2.37. The van der Waals surface area contributed by atoms with Crippen molar-refractivity contribution in [3.63, 3.8) is 0 Å². The third-order valence-corrected chi connectivity index (χ3v) is 3.45. The zero-order valence-electron chi connectivity index (χ0n) is 11.3. The normalized spacial score (nSPS) is 10.4. The van der Waals surface area contributed by atoms with Crippen LogP contribution >= 0.6 is 11.6 Å². The quantitative estimate of drug-likeness (QED) is 0.783. The van der Waals surface area contributed by atoms with Crippen LogP contribution in [-0.4, -0.2) is 9.78 Å². The fraction of sp³-hybridized carbons (Fsp3) is 0. The number of hydrogen-bond acceptors (Lipinski definition) is 3. The lowest BCUT2D eigenvalue weighted by molar-refractivity contribution is 0.630. The summed E-state index contributed by atoms with van der Waals surface area (Å²) in [7, 11) is 0. The van der Waals surface area contributed by atoms with Crippen molar-refractivity contribution in [3.8, 4) is 23.0 Å². The van der Waals surface area contributed by atoms with Crippen molar-refractivity contribution in [2.45, 2.75) is 0 Å². The molecule has 22 heavy (non-hydrogen) atoms. The molecule has 2 aromatic carbocycles. The first kappa shape index (κ1) is 14.1. The van der Waals surface area contributed by atoms with Gasteiger partial charge in [0.15, 0.2) is 0 Å². The predicted molar refractivity (Wildman–Crippen MR) is 83.1 cm³/mol. The lowest BCUT2D eigenvalue weighted by Gasteiger charge is -2.03. The van der Waals surface area contributed by atoms with Crippen molar-refractivity contribution in [1.29, 1.82) is 5.26 Å². The van der Waals surface area contributed by atoms with E-state index in [1.807, 2.05) is 6.07 Å². The molecule has 1 heterocycles. The maximum absolute atomic E-state index is 14.0. The second-order valence-electron chi connectivity index (χ2n) is 4.59. The van der Waals surface area contributed by atoms with Crippen LogP contribution < -0.4 is 5.73 Å². The molecular formula is C16H10ClFN4. The van der Waals surface area contributed by atoms with Crippen LogP contribution in [0.1, 0.15) is 5.56 Å². The Balaban J connectivity index is 2.25. The molecule has 0 spiro atoms. The van der Waals surface area contributed by atoms with Crippen LogP contribution in [0.3, 0.4) is 0 Å². The highest BCUT2D eigenvalue weighted by Crippen LogP contribution is 2.30. The van der Waals surface area contributed by atoms with E-state index in [0.717, 1.165) is 0 Å². The average Bonchev–Trinajstić information content (AvgIpc) is 2.84. The summed E-state index contributed by atoms with van der Waals surface area (Å²) < 4.78 is 15.4. The summed E-state index contributed by atoms with van der Waals surface area (Å²) in [5.41, 5.74) is 7.16. The molecule has 2 N–H and O–H groups in total. The Morgan fingerprint density at radius 1 is 1.18 bits per heavy atom. The Morgan fingerprint density at radius 2 is 1.95 bits per heavy atom. The molecule has 3 aromatic rings. The molecule has 4 nitrogen and oxygen atoms in total. The summed E-state index contributed by atoms with van der Waals surface area (Å²) in [5, 5.41) is 14.1. The van der Waals surface area contributed by atoms with Crippen LogP contribution in [0.2, 0.25) is 5.02 Å². The number of nitriles is 1. The molecule has 0 saturated heterocycles. The van der Waals surface area contributed by atoms with Gasteiger partial charge in [0, 0.05) is 10.6 Å². The maximum atomic E-state index is 14.0. The van der Waals surface area contributed by atoms with Gasteiger partial charge >= 0.3 is 0 Å². The first-order valence-electron chi connectivity index (χ1n) is 6.41. The smallest absolute Gasteiger partial charge is 0.145 e. The Morgan fingerprint density at radius 3 is 2.64 bits per heavy atom. The van der Waals surface area contributed by atoms with Crippen molar-refractivity contribution >= 4 is 17.4 Å². The topological polar surface area (TPSA) is 67.6 Å². The van der Waals surface area contributed by atoms with Gasteiger partial charge in [0.05, 0.1) is 5.69 Å². The molecule has 0 aliphatic rings. The first-order valence-corrected chi connectivity index (χ1v) is 6.79. The minimum Gasteiger partial charge on any atom is -0.382 e. The van der Waals surface area contributed by atoms with Gasteiger partial charge in [-0.2, -0.15) is 10.4 Å². The number of nitrogens with two attached hydrogens (primary N) is 1. The number of halogens is 2. The molecule has 1 aromatic heterocycles. The number of rotatable bonds is 2. The van der Waals surface area contributed by atoms with Crippen LogP contribution in [0, 0.1) is 17.1 Å². The summed E-state index contributed by atoms with van der Waals surface area (Å²) in [4.78, 5) is 0. The molecule has 0 bridgehead atoms. The molecule has 3 rings (SSSR count). The molecule has 0 saturated carbocycles. The SMILES string of the molecule is N#Cc1c(-c2ccccc2F)nn(-c2cccc(Cl)c2)c1N. The Kier molecular flexibility index (Phi) is 3.53. The predicted octanol–water partition coefficient (Wildman–Crippen LogP) is 3.79. The van der Waals surface area contributed by atoms with E-state index in [1.54, 1.807) is 42.5 Å². The minimum atomic E-state index is -0.463. The van der Waals surface area contributed by atoms with Crippen molar-refractivity contribution in [3.05, 3.63) is 64.9 Å². The molecule has 0 amide bonds. The molecule has 0 atom stereocenters. The largest absolute Gasteiger partial charge is 0.382 e. The van der Waals surface area contributed by atoms with Crippen molar-refractivity contribution < 1.29 is 4.39 Å². The van der Waals surface area contributed by atoms with Gasteiger partial charge in [-0.05, 0) is 30.3 Å². The van der Waals surface area contributed by atoms with Crippen LogP contribution in [0.4, 0.5) is 10.2 Å². The summed E-state index contributed by atoms with van der Waals surface area (Å²) >= 11 is 5.96. The summed E-state index contributed by atoms with van der Waals surface area (Å²) in [5.74, 6) is -0.322. The highest BCUT2D eigenvalue weighted by molar-refractivity contribution is 6.30. The number of nitrogens with zero attached hydrogens (tertiary/aromatic N) is 3. The van der Waals surface area contributed by atoms with E-state index in [0.29, 0.717) is 10.7 Å². The van der Waals surface area contributed by atoms with E-state index in [4.69, 9.17) is 17.3 Å². The van der Waals surface area contributed by atoms with Gasteiger partial charge in [-0.3, -0.25) is 0 Å². The molecular weight excluding hydrogens is 303 g/mol. The van der Waals surface area contributed by atoms with Crippen LogP contribution in [-0.2, 0) is 0 Å². The van der Waals surface area contributed by atoms with Crippen molar-refractivity contribution in [1.82, 2.24) is 9.78 Å². The average molecular weight is 313 g/mol. The number of nitrogen functional groups attached to an aromatic ring is 1. The molecule has 108 valence electrons. The van der Waals surface area contributed by atoms with Gasteiger partial charge in [-0.25, -0.2) is 9.07 Å². The zero-order chi connectivity index (χ0) is 15.7. The molecule has 0 aliphatic heterocycles. The Labute approximate surface area is 131 Å². The van der Waals surface area contributed by atoms with Gasteiger partial charge in [0.25, 0.3) is 0 Å². The molecule has 0 radical (unpaired) electrons. The van der Waals surface area contributed by atoms with Gasteiger partial charge in [-0.1, -0.05) is 29.8 Å². The van der Waals surface area contributed by atoms with Gasteiger partial charge in [0.2, 0.25) is 0 Å². The fourth-order valence-electron chi connectivity index (χ4n) is 2.19. The molecule has 6 heteroatoms. The van der Waals surface area contributed by atoms with E-state index in [1.165, 1.54) is 10.7 Å². The summed E-state index contributed by atoms with van der Waals surface area (Å²) in [6.07, 6.45) is 0. The third-order valence-electron chi connectivity index (χ3n) is 3.21. The van der Waals surface area contributed by atoms with Gasteiger partial charge in [-0.15, -0.1) is 0 Å². The van der Waals surface area contributed by atoms with Gasteiger partial charge in [0.1, 0.15) is 29.0 Å². The molecule has 0 unspecified atom stereocenters. The third kappa shape index (κ3) is 2.30.